The number of carbonyl (C=O) groups excluding carboxylic acids is 2. The number of benzene rings is 1. The second-order valence-electron chi connectivity index (χ2n) is 10.8. The first-order valence-corrected chi connectivity index (χ1v) is 13.2. The van der Waals surface area contributed by atoms with Crippen LogP contribution in [0.25, 0.3) is 0 Å². The summed E-state index contributed by atoms with van der Waals surface area (Å²) in [5, 5.41) is 23.9. The normalized spacial score (nSPS) is 41.7. The van der Waals surface area contributed by atoms with Gasteiger partial charge in [0.15, 0.2) is 11.6 Å². The average molecular weight is 487 g/mol. The Balaban J connectivity index is 1.41. The maximum absolute atomic E-state index is 13.5. The van der Waals surface area contributed by atoms with Crippen LogP contribution in [0.2, 0.25) is 5.02 Å². The second kappa shape index (κ2) is 8.08. The SMILES string of the molecule is CC12C=CC(=O)C=C1CCC1C2[C@@H](O)CC2(C)C1CC[C@]2(O)C(=O)CSc1ccccc1Cl. The molecule has 33 heavy (non-hydrogen) atoms. The molecule has 6 heteroatoms. The van der Waals surface area contributed by atoms with Gasteiger partial charge in [0.05, 0.1) is 16.9 Å². The number of fused-ring (bicyclic) bond motifs is 5. The van der Waals surface area contributed by atoms with Gasteiger partial charge in [0.25, 0.3) is 0 Å². The molecule has 0 saturated heterocycles. The van der Waals surface area contributed by atoms with Gasteiger partial charge >= 0.3 is 0 Å². The van der Waals surface area contributed by atoms with E-state index in [1.807, 2.05) is 31.2 Å². The van der Waals surface area contributed by atoms with Crippen molar-refractivity contribution in [3.05, 3.63) is 53.1 Å². The Hall–Kier alpha value is -1.40. The number of aliphatic hydroxyl groups is 2. The largest absolute Gasteiger partial charge is 0.393 e. The molecule has 0 heterocycles. The number of ketones is 2. The van der Waals surface area contributed by atoms with E-state index in [0.717, 1.165) is 29.7 Å². The molecule has 1 aromatic carbocycles. The zero-order valence-corrected chi connectivity index (χ0v) is 20.7. The topological polar surface area (TPSA) is 74.6 Å². The first kappa shape index (κ1) is 23.3. The molecule has 0 spiro atoms. The fraction of sp³-hybridized carbons (Fsp3) is 0.556. The summed E-state index contributed by atoms with van der Waals surface area (Å²) in [4.78, 5) is 26.3. The van der Waals surface area contributed by atoms with Crippen LogP contribution in [0.4, 0.5) is 0 Å². The van der Waals surface area contributed by atoms with Gasteiger partial charge in [-0.05, 0) is 68.2 Å². The molecule has 3 fully saturated rings. The first-order chi connectivity index (χ1) is 15.6. The smallest absolute Gasteiger partial charge is 0.178 e. The molecule has 2 N–H and O–H groups in total. The van der Waals surface area contributed by atoms with Gasteiger partial charge in [-0.3, -0.25) is 9.59 Å². The zero-order valence-electron chi connectivity index (χ0n) is 19.1. The predicted molar refractivity (Wildman–Crippen MR) is 130 cm³/mol. The van der Waals surface area contributed by atoms with E-state index in [4.69, 9.17) is 11.6 Å². The Bertz CT molecular complexity index is 1070. The lowest BCUT2D eigenvalue weighted by Gasteiger charge is -2.59. The minimum Gasteiger partial charge on any atom is -0.393 e. The lowest BCUT2D eigenvalue weighted by atomic mass is 9.46. The number of carbonyl (C=O) groups is 2. The lowest BCUT2D eigenvalue weighted by molar-refractivity contribution is -0.174. The van der Waals surface area contributed by atoms with Gasteiger partial charge in [0, 0.05) is 21.6 Å². The van der Waals surface area contributed by atoms with E-state index >= 15 is 0 Å². The summed E-state index contributed by atoms with van der Waals surface area (Å²) in [5.41, 5.74) is -1.35. The van der Waals surface area contributed by atoms with Crippen molar-refractivity contribution in [1.82, 2.24) is 0 Å². The molecule has 7 atom stereocenters. The molecule has 0 aromatic heterocycles. The summed E-state index contributed by atoms with van der Waals surface area (Å²) in [6.45, 7) is 4.15. The fourth-order valence-corrected chi connectivity index (χ4v) is 8.82. The Labute approximate surface area is 204 Å². The van der Waals surface area contributed by atoms with Crippen molar-refractivity contribution in [2.75, 3.05) is 5.75 Å². The van der Waals surface area contributed by atoms with Gasteiger partial charge in [0.1, 0.15) is 5.60 Å². The lowest BCUT2D eigenvalue weighted by Crippen LogP contribution is -2.61. The highest BCUT2D eigenvalue weighted by molar-refractivity contribution is 8.00. The third-order valence-corrected chi connectivity index (χ3v) is 10.8. The molecule has 176 valence electrons. The molecule has 4 nitrogen and oxygen atoms in total. The molecule has 0 radical (unpaired) electrons. The summed E-state index contributed by atoms with van der Waals surface area (Å²) in [5.74, 6) is 0.366. The van der Waals surface area contributed by atoms with Gasteiger partial charge < -0.3 is 10.2 Å². The highest BCUT2D eigenvalue weighted by atomic mass is 35.5. The number of hydrogen-bond donors (Lipinski definition) is 2. The molecule has 5 unspecified atom stereocenters. The van der Waals surface area contributed by atoms with E-state index in [0.29, 0.717) is 17.9 Å². The molecular formula is C27H31ClO4S. The van der Waals surface area contributed by atoms with Gasteiger partial charge in [-0.2, -0.15) is 0 Å². The van der Waals surface area contributed by atoms with Crippen LogP contribution in [0.15, 0.2) is 53.0 Å². The highest BCUT2D eigenvalue weighted by Gasteiger charge is 2.67. The van der Waals surface area contributed by atoms with Crippen LogP contribution in [0, 0.1) is 28.6 Å². The van der Waals surface area contributed by atoms with E-state index in [9.17, 15) is 19.8 Å². The standard InChI is InChI=1S/C27H31ClO4S/c1-25-11-9-17(29)13-16(25)7-8-18-19-10-12-27(32,26(19,2)14-21(30)24(18)25)23(31)15-33-22-6-4-3-5-20(22)28/h3-6,9,11,13,18-19,21,24,30,32H,7-8,10,12,14-15H2,1-2H3/t18?,19?,21-,24?,25?,26?,27-/m0/s1. The van der Waals surface area contributed by atoms with E-state index in [2.05, 4.69) is 6.92 Å². The van der Waals surface area contributed by atoms with Crippen molar-refractivity contribution in [1.29, 1.82) is 0 Å². The quantitative estimate of drug-likeness (QED) is 0.585. The molecule has 1 aromatic rings. The Morgan fingerprint density at radius 1 is 1.24 bits per heavy atom. The van der Waals surface area contributed by atoms with Gasteiger partial charge in [-0.25, -0.2) is 0 Å². The number of hydrogen-bond acceptors (Lipinski definition) is 5. The molecule has 0 amide bonds. The maximum Gasteiger partial charge on any atom is 0.178 e. The van der Waals surface area contributed by atoms with Crippen LogP contribution in [-0.2, 0) is 9.59 Å². The minimum absolute atomic E-state index is 0.00474. The molecule has 4 aliphatic carbocycles. The van der Waals surface area contributed by atoms with Crippen LogP contribution in [0.3, 0.4) is 0 Å². The number of rotatable bonds is 4. The van der Waals surface area contributed by atoms with Crippen LogP contribution < -0.4 is 0 Å². The van der Waals surface area contributed by atoms with Crippen LogP contribution in [0.1, 0.15) is 46.0 Å². The van der Waals surface area contributed by atoms with E-state index in [1.165, 1.54) is 11.8 Å². The van der Waals surface area contributed by atoms with E-state index in [-0.39, 0.29) is 40.5 Å². The fourth-order valence-electron chi connectivity index (χ4n) is 7.61. The summed E-state index contributed by atoms with van der Waals surface area (Å²) >= 11 is 7.62. The number of aliphatic hydroxyl groups excluding tert-OH is 1. The Kier molecular flexibility index (Phi) is 5.72. The predicted octanol–water partition coefficient (Wildman–Crippen LogP) is 5.01. The van der Waals surface area contributed by atoms with Crippen LogP contribution >= 0.6 is 23.4 Å². The number of allylic oxidation sites excluding steroid dienone is 4. The maximum atomic E-state index is 13.5. The van der Waals surface area contributed by atoms with Crippen molar-refractivity contribution >= 4 is 34.9 Å². The molecule has 4 aliphatic rings. The van der Waals surface area contributed by atoms with Crippen molar-refractivity contribution in [2.45, 2.75) is 62.6 Å². The van der Waals surface area contributed by atoms with Gasteiger partial charge in [-0.15, -0.1) is 11.8 Å². The van der Waals surface area contributed by atoms with Gasteiger partial charge in [0.2, 0.25) is 0 Å². The molecule has 0 bridgehead atoms. The monoisotopic (exact) mass is 486 g/mol. The summed E-state index contributed by atoms with van der Waals surface area (Å²) in [6.07, 6.45) is 8.02. The molecule has 5 rings (SSSR count). The number of halogens is 1. The van der Waals surface area contributed by atoms with E-state index < -0.39 is 17.1 Å². The third kappa shape index (κ3) is 3.42. The third-order valence-electron chi connectivity index (χ3n) is 9.30. The Morgan fingerprint density at radius 2 is 2.00 bits per heavy atom. The van der Waals surface area contributed by atoms with Crippen molar-refractivity contribution in [3.8, 4) is 0 Å². The summed E-state index contributed by atoms with van der Waals surface area (Å²) < 4.78 is 0. The van der Waals surface area contributed by atoms with Crippen molar-refractivity contribution in [2.24, 2.45) is 28.6 Å². The van der Waals surface area contributed by atoms with Gasteiger partial charge in [-0.1, -0.05) is 49.2 Å². The first-order valence-electron chi connectivity index (χ1n) is 11.9. The highest BCUT2D eigenvalue weighted by Crippen LogP contribution is 2.67. The summed E-state index contributed by atoms with van der Waals surface area (Å²) in [7, 11) is 0. The van der Waals surface area contributed by atoms with E-state index in [1.54, 1.807) is 18.2 Å². The Morgan fingerprint density at radius 3 is 2.76 bits per heavy atom. The van der Waals surface area contributed by atoms with Crippen molar-refractivity contribution < 1.29 is 19.8 Å². The van der Waals surface area contributed by atoms with Crippen LogP contribution in [-0.4, -0.2) is 39.2 Å². The zero-order chi connectivity index (χ0) is 23.6. The molecule has 0 aliphatic heterocycles. The number of Topliss-reactive ketones (excluding diaryl/α,β-unsaturated/α-hetero) is 1. The molecule has 3 saturated carbocycles. The molecular weight excluding hydrogens is 456 g/mol. The van der Waals surface area contributed by atoms with Crippen LogP contribution in [0.5, 0.6) is 0 Å². The number of thioether (sulfide) groups is 1. The minimum atomic E-state index is -1.45. The average Bonchev–Trinajstić information content (AvgIpc) is 3.04. The van der Waals surface area contributed by atoms with Crippen molar-refractivity contribution in [3.63, 3.8) is 0 Å². The second-order valence-corrected chi connectivity index (χ2v) is 12.2. The summed E-state index contributed by atoms with van der Waals surface area (Å²) in [6, 6.07) is 7.42.